The molecule has 8 heteroatoms. The monoisotopic (exact) mass is 407 g/mol. The molecule has 3 heterocycles. The number of likely N-dealkylation sites (tertiary alicyclic amines) is 1. The fourth-order valence-corrected chi connectivity index (χ4v) is 4.87. The number of amides is 1. The van der Waals surface area contributed by atoms with Gasteiger partial charge in [0.05, 0.1) is 23.5 Å². The Labute approximate surface area is 174 Å². The quantitative estimate of drug-likeness (QED) is 0.670. The molecule has 1 amide bonds. The number of benzene rings is 1. The van der Waals surface area contributed by atoms with Gasteiger partial charge in [-0.3, -0.25) is 9.69 Å². The van der Waals surface area contributed by atoms with E-state index in [4.69, 9.17) is 4.52 Å². The van der Waals surface area contributed by atoms with Gasteiger partial charge < -0.3 is 14.9 Å². The SMILES string of the molecule is O=C(N[C@H]1C[C@H]2CN(Cc3ccnn3-c3ccccc3)C[C@H]2C[C@@H]1O)c1ccon1. The van der Waals surface area contributed by atoms with Crippen LogP contribution in [0.15, 0.2) is 59.4 Å². The van der Waals surface area contributed by atoms with Gasteiger partial charge in [-0.25, -0.2) is 4.68 Å². The van der Waals surface area contributed by atoms with E-state index < -0.39 is 6.10 Å². The molecule has 156 valence electrons. The molecule has 8 nitrogen and oxygen atoms in total. The van der Waals surface area contributed by atoms with E-state index in [9.17, 15) is 9.90 Å². The molecule has 2 fully saturated rings. The van der Waals surface area contributed by atoms with E-state index in [1.54, 1.807) is 0 Å². The minimum absolute atomic E-state index is 0.242. The number of aliphatic hydroxyl groups is 1. The number of aliphatic hydroxyl groups excluding tert-OH is 1. The molecular weight excluding hydrogens is 382 g/mol. The molecule has 4 atom stereocenters. The van der Waals surface area contributed by atoms with Crippen molar-refractivity contribution in [2.75, 3.05) is 13.1 Å². The van der Waals surface area contributed by atoms with E-state index in [-0.39, 0.29) is 17.6 Å². The van der Waals surface area contributed by atoms with Crippen LogP contribution in [0.4, 0.5) is 0 Å². The predicted octanol–water partition coefficient (Wildman–Crippen LogP) is 1.86. The molecule has 1 aliphatic carbocycles. The summed E-state index contributed by atoms with van der Waals surface area (Å²) >= 11 is 0. The Bertz CT molecular complexity index is 987. The van der Waals surface area contributed by atoms with Crippen LogP contribution in [-0.2, 0) is 6.54 Å². The summed E-state index contributed by atoms with van der Waals surface area (Å²) in [6.07, 6.45) is 4.13. The lowest BCUT2D eigenvalue weighted by atomic mass is 9.77. The lowest BCUT2D eigenvalue weighted by Gasteiger charge is -2.35. The van der Waals surface area contributed by atoms with Crippen LogP contribution in [-0.4, -0.2) is 56.1 Å². The van der Waals surface area contributed by atoms with Crippen LogP contribution < -0.4 is 5.32 Å². The van der Waals surface area contributed by atoms with Gasteiger partial charge in [-0.1, -0.05) is 23.4 Å². The van der Waals surface area contributed by atoms with E-state index in [1.165, 1.54) is 12.3 Å². The predicted molar refractivity (Wildman–Crippen MR) is 109 cm³/mol. The van der Waals surface area contributed by atoms with Gasteiger partial charge in [0.15, 0.2) is 5.69 Å². The van der Waals surface area contributed by atoms with Crippen molar-refractivity contribution in [1.82, 2.24) is 25.2 Å². The first-order valence-electron chi connectivity index (χ1n) is 10.4. The number of carbonyl (C=O) groups excluding carboxylic acids is 1. The van der Waals surface area contributed by atoms with Crippen LogP contribution >= 0.6 is 0 Å². The summed E-state index contributed by atoms with van der Waals surface area (Å²) in [6.45, 7) is 2.72. The third-order valence-corrected chi connectivity index (χ3v) is 6.31. The van der Waals surface area contributed by atoms with E-state index in [2.05, 4.69) is 38.7 Å². The van der Waals surface area contributed by atoms with Crippen molar-refractivity contribution in [3.05, 3.63) is 66.3 Å². The summed E-state index contributed by atoms with van der Waals surface area (Å²) in [6, 6.07) is 13.5. The summed E-state index contributed by atoms with van der Waals surface area (Å²) < 4.78 is 6.72. The Morgan fingerprint density at radius 2 is 1.93 bits per heavy atom. The third kappa shape index (κ3) is 3.76. The van der Waals surface area contributed by atoms with Gasteiger partial charge >= 0.3 is 0 Å². The van der Waals surface area contributed by atoms with E-state index in [1.807, 2.05) is 29.1 Å². The number of carbonyl (C=O) groups is 1. The smallest absolute Gasteiger partial charge is 0.273 e. The van der Waals surface area contributed by atoms with E-state index >= 15 is 0 Å². The minimum Gasteiger partial charge on any atom is -0.391 e. The zero-order chi connectivity index (χ0) is 20.5. The van der Waals surface area contributed by atoms with Gasteiger partial charge in [-0.2, -0.15) is 5.10 Å². The Morgan fingerprint density at radius 3 is 2.70 bits per heavy atom. The first-order chi connectivity index (χ1) is 14.7. The second kappa shape index (κ2) is 8.04. The van der Waals surface area contributed by atoms with E-state index in [0.717, 1.165) is 37.4 Å². The molecule has 2 aromatic heterocycles. The number of fused-ring (bicyclic) bond motifs is 1. The van der Waals surface area contributed by atoms with Gasteiger partial charge in [-0.05, 0) is 42.9 Å². The van der Waals surface area contributed by atoms with Crippen LogP contribution in [0.2, 0.25) is 0 Å². The van der Waals surface area contributed by atoms with Crippen molar-refractivity contribution in [2.45, 2.75) is 31.5 Å². The second-order valence-electron chi connectivity index (χ2n) is 8.29. The topological polar surface area (TPSA) is 96.4 Å². The van der Waals surface area contributed by atoms with Gasteiger partial charge in [0.25, 0.3) is 5.91 Å². The van der Waals surface area contributed by atoms with Gasteiger partial charge in [0.1, 0.15) is 6.26 Å². The maximum Gasteiger partial charge on any atom is 0.273 e. The van der Waals surface area contributed by atoms with Crippen molar-refractivity contribution in [3.63, 3.8) is 0 Å². The van der Waals surface area contributed by atoms with Crippen LogP contribution in [0.3, 0.4) is 0 Å². The second-order valence-corrected chi connectivity index (χ2v) is 8.29. The van der Waals surface area contributed by atoms with Gasteiger partial charge in [0, 0.05) is 31.9 Å². The summed E-state index contributed by atoms with van der Waals surface area (Å²) in [5.74, 6) is 0.588. The van der Waals surface area contributed by atoms with Crippen LogP contribution in [0.1, 0.15) is 29.0 Å². The van der Waals surface area contributed by atoms with Crippen molar-refractivity contribution < 1.29 is 14.4 Å². The Morgan fingerprint density at radius 1 is 1.13 bits per heavy atom. The van der Waals surface area contributed by atoms with Gasteiger partial charge in [0.2, 0.25) is 0 Å². The molecule has 1 saturated carbocycles. The number of hydrogen-bond donors (Lipinski definition) is 2. The highest BCUT2D eigenvalue weighted by molar-refractivity contribution is 5.92. The number of para-hydroxylation sites is 1. The van der Waals surface area contributed by atoms with Crippen molar-refractivity contribution in [3.8, 4) is 5.69 Å². The molecule has 0 bridgehead atoms. The van der Waals surface area contributed by atoms with Crippen LogP contribution in [0.5, 0.6) is 0 Å². The van der Waals surface area contributed by atoms with Crippen molar-refractivity contribution >= 4 is 5.91 Å². The van der Waals surface area contributed by atoms with Crippen molar-refractivity contribution in [2.24, 2.45) is 11.8 Å². The average molecular weight is 407 g/mol. The molecule has 0 unspecified atom stereocenters. The summed E-state index contributed by atoms with van der Waals surface area (Å²) in [7, 11) is 0. The number of hydrogen-bond acceptors (Lipinski definition) is 6. The van der Waals surface area contributed by atoms with Crippen LogP contribution in [0.25, 0.3) is 5.69 Å². The van der Waals surface area contributed by atoms with E-state index in [0.29, 0.717) is 18.3 Å². The highest BCUT2D eigenvalue weighted by Crippen LogP contribution is 2.37. The van der Waals surface area contributed by atoms with Crippen LogP contribution in [0, 0.1) is 11.8 Å². The fourth-order valence-electron chi connectivity index (χ4n) is 4.87. The molecule has 0 radical (unpaired) electrons. The third-order valence-electron chi connectivity index (χ3n) is 6.31. The molecule has 0 spiro atoms. The minimum atomic E-state index is -0.545. The molecule has 2 N–H and O–H groups in total. The molecular formula is C22H25N5O3. The lowest BCUT2D eigenvalue weighted by molar-refractivity contribution is 0.0458. The largest absolute Gasteiger partial charge is 0.391 e. The summed E-state index contributed by atoms with van der Waals surface area (Å²) in [5.41, 5.74) is 2.45. The number of aromatic nitrogens is 3. The Hall–Kier alpha value is -2.97. The molecule has 1 saturated heterocycles. The Balaban J connectivity index is 1.23. The zero-order valence-corrected chi connectivity index (χ0v) is 16.6. The molecule has 1 aromatic carbocycles. The Kier molecular flexibility index (Phi) is 5.10. The molecule has 2 aliphatic rings. The summed E-state index contributed by atoms with van der Waals surface area (Å²) in [5, 5.41) is 21.7. The lowest BCUT2D eigenvalue weighted by Crippen LogP contribution is -2.49. The maximum absolute atomic E-state index is 12.3. The average Bonchev–Trinajstić information content (AvgIpc) is 3.50. The first-order valence-corrected chi connectivity index (χ1v) is 10.4. The zero-order valence-electron chi connectivity index (χ0n) is 16.6. The molecule has 1 aliphatic heterocycles. The standard InChI is InChI=1S/C22H25N5O3/c28-21-11-16-13-26(14-18-6-8-23-27(18)17-4-2-1-3-5-17)12-15(16)10-20(21)24-22(29)19-7-9-30-25-19/h1-9,15-16,20-21,28H,10-14H2,(H,24,29)/t15-,16+,20-,21-/m0/s1. The molecule has 30 heavy (non-hydrogen) atoms. The fraction of sp³-hybridized carbons (Fsp3) is 0.409. The highest BCUT2D eigenvalue weighted by atomic mass is 16.5. The molecule has 3 aromatic rings. The number of nitrogens with one attached hydrogen (secondary N) is 1. The first kappa shape index (κ1) is 19.0. The highest BCUT2D eigenvalue weighted by Gasteiger charge is 2.42. The maximum atomic E-state index is 12.3. The van der Waals surface area contributed by atoms with Gasteiger partial charge in [-0.15, -0.1) is 0 Å². The number of nitrogens with zero attached hydrogens (tertiary/aromatic N) is 4. The van der Waals surface area contributed by atoms with Crippen molar-refractivity contribution in [1.29, 1.82) is 0 Å². The summed E-state index contributed by atoms with van der Waals surface area (Å²) in [4.78, 5) is 14.7. The normalized spacial score (nSPS) is 26.4. The number of rotatable bonds is 5. The molecule has 5 rings (SSSR count).